The van der Waals surface area contributed by atoms with E-state index in [-0.39, 0.29) is 5.78 Å². The zero-order chi connectivity index (χ0) is 24.5. The molecule has 1 aliphatic rings. The molecule has 178 valence electrons. The number of ketones is 1. The average Bonchev–Trinajstić information content (AvgIpc) is 2.91. The second kappa shape index (κ2) is 11.9. The molecule has 7 heteroatoms. The lowest BCUT2D eigenvalue weighted by Gasteiger charge is -2.36. The van der Waals surface area contributed by atoms with Gasteiger partial charge in [-0.25, -0.2) is 10.5 Å². The minimum atomic E-state index is -0.638. The number of pyridine rings is 1. The Balaban J connectivity index is 1.41. The van der Waals surface area contributed by atoms with Crippen molar-refractivity contribution in [3.63, 3.8) is 0 Å². The molecule has 2 N–H and O–H groups in total. The summed E-state index contributed by atoms with van der Waals surface area (Å²) in [6.45, 7) is 4.53. The van der Waals surface area contributed by atoms with Crippen molar-refractivity contribution >= 4 is 29.5 Å². The molecule has 0 unspecified atom stereocenters. The van der Waals surface area contributed by atoms with Gasteiger partial charge in [-0.05, 0) is 48.1 Å². The molecule has 0 saturated carbocycles. The molecule has 0 aliphatic carbocycles. The number of nitrogens with one attached hydrogen (secondary N) is 1. The Bertz CT molecular complexity index is 1220. The molecule has 7 nitrogen and oxygen atoms in total. The van der Waals surface area contributed by atoms with E-state index in [2.05, 4.69) is 39.0 Å². The van der Waals surface area contributed by atoms with Crippen molar-refractivity contribution in [3.8, 4) is 0 Å². The molecule has 2 heterocycles. The van der Waals surface area contributed by atoms with E-state index in [9.17, 15) is 9.59 Å². The molecule has 3 aromatic rings. The number of nitrogens with zero attached hydrogens (tertiary/aromatic N) is 3. The second-order valence-corrected chi connectivity index (χ2v) is 8.26. The third-order valence-electron chi connectivity index (χ3n) is 5.84. The molecule has 2 aromatic carbocycles. The van der Waals surface area contributed by atoms with Gasteiger partial charge in [0.25, 0.3) is 5.91 Å². The van der Waals surface area contributed by atoms with Gasteiger partial charge in [-0.1, -0.05) is 48.5 Å². The fraction of sp³-hybridized carbons (Fsp3) is 0.179. The minimum Gasteiger partial charge on any atom is -0.368 e. The predicted octanol–water partition coefficient (Wildman–Crippen LogP) is 3.82. The van der Waals surface area contributed by atoms with Crippen LogP contribution in [0.15, 0.2) is 84.9 Å². The third kappa shape index (κ3) is 6.72. The summed E-state index contributed by atoms with van der Waals surface area (Å²) < 4.78 is 0. The van der Waals surface area contributed by atoms with E-state index in [1.165, 1.54) is 29.3 Å². The van der Waals surface area contributed by atoms with Crippen LogP contribution in [0.4, 0.5) is 5.69 Å². The summed E-state index contributed by atoms with van der Waals surface area (Å²) in [7, 11) is 0. The van der Waals surface area contributed by atoms with Crippen molar-refractivity contribution in [2.45, 2.75) is 6.54 Å². The topological polar surface area (TPSA) is 85.8 Å². The summed E-state index contributed by atoms with van der Waals surface area (Å²) in [5, 5.41) is 8.58. The predicted molar refractivity (Wildman–Crippen MR) is 137 cm³/mol. The number of hydroxylamine groups is 1. The highest BCUT2D eigenvalue weighted by atomic mass is 16.5. The van der Waals surface area contributed by atoms with Crippen molar-refractivity contribution in [1.29, 1.82) is 0 Å². The Kier molecular flexibility index (Phi) is 8.17. The van der Waals surface area contributed by atoms with Gasteiger partial charge in [0, 0.05) is 50.1 Å². The first-order chi connectivity index (χ1) is 17.1. The Morgan fingerprint density at radius 2 is 1.49 bits per heavy atom. The fourth-order valence-electron chi connectivity index (χ4n) is 4.05. The van der Waals surface area contributed by atoms with Gasteiger partial charge in [-0.3, -0.25) is 19.7 Å². The monoisotopic (exact) mass is 468 g/mol. The fourth-order valence-corrected chi connectivity index (χ4v) is 4.05. The number of hydrogen-bond donors (Lipinski definition) is 2. The zero-order valence-electron chi connectivity index (χ0n) is 19.4. The molecule has 1 fully saturated rings. The van der Waals surface area contributed by atoms with Crippen LogP contribution in [-0.2, 0) is 11.3 Å². The lowest BCUT2D eigenvalue weighted by Crippen LogP contribution is -2.46. The first-order valence-electron chi connectivity index (χ1n) is 11.5. The highest BCUT2D eigenvalue weighted by Crippen LogP contribution is 2.23. The van der Waals surface area contributed by atoms with Gasteiger partial charge in [0.2, 0.25) is 0 Å². The normalized spacial score (nSPS) is 14.5. The maximum atomic E-state index is 13.1. The largest absolute Gasteiger partial charge is 0.368 e. The van der Waals surface area contributed by atoms with E-state index in [4.69, 9.17) is 5.21 Å². The Labute approximate surface area is 205 Å². The summed E-state index contributed by atoms with van der Waals surface area (Å²) in [4.78, 5) is 33.4. The lowest BCUT2D eigenvalue weighted by atomic mass is 10.1. The van der Waals surface area contributed by atoms with Crippen LogP contribution in [0.25, 0.3) is 12.2 Å². The summed E-state index contributed by atoms with van der Waals surface area (Å²) in [5.41, 5.74) is 5.59. The number of carbonyl (C=O) groups excluding carboxylic acids is 2. The Morgan fingerprint density at radius 3 is 2.20 bits per heavy atom. The quantitative estimate of drug-likeness (QED) is 0.226. The van der Waals surface area contributed by atoms with Gasteiger partial charge in [-0.15, -0.1) is 0 Å². The molecule has 35 heavy (non-hydrogen) atoms. The minimum absolute atomic E-state index is 0.0882. The zero-order valence-corrected chi connectivity index (χ0v) is 19.4. The van der Waals surface area contributed by atoms with E-state index in [0.717, 1.165) is 38.4 Å². The molecular formula is C28H28N4O3. The van der Waals surface area contributed by atoms with E-state index in [1.807, 2.05) is 30.3 Å². The number of aromatic nitrogens is 1. The number of piperazine rings is 1. The number of anilines is 1. The number of benzene rings is 2. The number of para-hydroxylation sites is 1. The molecule has 1 amide bonds. The smallest absolute Gasteiger partial charge is 0.267 e. The first-order valence-corrected chi connectivity index (χ1v) is 11.5. The van der Waals surface area contributed by atoms with Gasteiger partial charge in [0.1, 0.15) is 0 Å². The van der Waals surface area contributed by atoms with Gasteiger partial charge in [-0.2, -0.15) is 0 Å². The molecule has 0 atom stereocenters. The number of rotatable bonds is 8. The summed E-state index contributed by atoms with van der Waals surface area (Å²) >= 11 is 0. The number of amides is 1. The number of allylic oxidation sites excluding steroid dienone is 1. The molecule has 1 saturated heterocycles. The van der Waals surface area contributed by atoms with Crippen LogP contribution >= 0.6 is 0 Å². The van der Waals surface area contributed by atoms with Crippen LogP contribution in [0, 0.1) is 0 Å². The van der Waals surface area contributed by atoms with Crippen LogP contribution in [0.3, 0.4) is 0 Å². The van der Waals surface area contributed by atoms with E-state index in [0.29, 0.717) is 17.0 Å². The molecular weight excluding hydrogens is 440 g/mol. The van der Waals surface area contributed by atoms with Crippen LogP contribution < -0.4 is 10.4 Å². The third-order valence-corrected chi connectivity index (χ3v) is 5.84. The second-order valence-electron chi connectivity index (χ2n) is 8.26. The van der Waals surface area contributed by atoms with Crippen LogP contribution in [0.5, 0.6) is 0 Å². The molecule has 0 bridgehead atoms. The van der Waals surface area contributed by atoms with E-state index in [1.54, 1.807) is 24.3 Å². The van der Waals surface area contributed by atoms with Gasteiger partial charge in [0.15, 0.2) is 5.78 Å². The summed E-state index contributed by atoms with van der Waals surface area (Å²) in [6, 6.07) is 23.5. The lowest BCUT2D eigenvalue weighted by molar-refractivity contribution is -0.124. The first kappa shape index (κ1) is 24.1. The number of hydrogen-bond acceptors (Lipinski definition) is 6. The van der Waals surface area contributed by atoms with Crippen molar-refractivity contribution in [1.82, 2.24) is 15.4 Å². The van der Waals surface area contributed by atoms with Crippen molar-refractivity contribution < 1.29 is 14.8 Å². The molecule has 0 spiro atoms. The average molecular weight is 469 g/mol. The standard InChI is InChI=1S/C28H28N4O3/c33-27(15-13-23-9-6-10-24(29-23)14-16-28(34)30-35)25-11-4-5-12-26(25)32-19-17-31(18-20-32)21-22-7-2-1-3-8-22/h1-16,35H,17-21H2,(H,30,34)/b15-13+,16-14+. The van der Waals surface area contributed by atoms with Crippen LogP contribution in [0.1, 0.15) is 27.3 Å². The van der Waals surface area contributed by atoms with Crippen molar-refractivity contribution in [2.75, 3.05) is 31.1 Å². The van der Waals surface area contributed by atoms with Gasteiger partial charge >= 0.3 is 0 Å². The maximum absolute atomic E-state index is 13.1. The molecule has 0 radical (unpaired) electrons. The molecule has 1 aromatic heterocycles. The number of carbonyl (C=O) groups is 2. The molecule has 1 aliphatic heterocycles. The van der Waals surface area contributed by atoms with E-state index < -0.39 is 5.91 Å². The van der Waals surface area contributed by atoms with Crippen molar-refractivity contribution in [3.05, 3.63) is 107 Å². The maximum Gasteiger partial charge on any atom is 0.267 e. The summed E-state index contributed by atoms with van der Waals surface area (Å²) in [6.07, 6.45) is 5.86. The Morgan fingerprint density at radius 1 is 0.829 bits per heavy atom. The van der Waals surface area contributed by atoms with Gasteiger partial charge < -0.3 is 4.90 Å². The molecule has 4 rings (SSSR count). The van der Waals surface area contributed by atoms with Crippen molar-refractivity contribution in [2.24, 2.45) is 0 Å². The van der Waals surface area contributed by atoms with Gasteiger partial charge in [0.05, 0.1) is 11.4 Å². The highest BCUT2D eigenvalue weighted by Gasteiger charge is 2.20. The van der Waals surface area contributed by atoms with Crippen LogP contribution in [0.2, 0.25) is 0 Å². The Hall–Kier alpha value is -4.07. The van der Waals surface area contributed by atoms with Crippen LogP contribution in [-0.4, -0.2) is 53.0 Å². The highest BCUT2D eigenvalue weighted by molar-refractivity contribution is 6.10. The SMILES string of the molecule is O=C(/C=C/c1cccc(/C=C/C(=O)c2ccccc2N2CCN(Cc3ccccc3)CC2)n1)NO. The summed E-state index contributed by atoms with van der Waals surface area (Å²) in [5.74, 6) is -0.727. The van der Waals surface area contributed by atoms with E-state index >= 15 is 0 Å².